The van der Waals surface area contributed by atoms with Crippen molar-refractivity contribution in [1.82, 2.24) is 0 Å². The summed E-state index contributed by atoms with van der Waals surface area (Å²) in [5, 5.41) is 0. The molecule has 0 atom stereocenters. The lowest BCUT2D eigenvalue weighted by Gasteiger charge is -2.08. The quantitative estimate of drug-likeness (QED) is 0.342. The van der Waals surface area contributed by atoms with Crippen molar-refractivity contribution >= 4 is 17.8 Å². The van der Waals surface area contributed by atoms with Crippen molar-refractivity contribution in [2.24, 2.45) is 0 Å². The van der Waals surface area contributed by atoms with Crippen LogP contribution in [0.15, 0.2) is 0 Å². The van der Waals surface area contributed by atoms with Gasteiger partial charge in [0.1, 0.15) is 0 Å². The highest BCUT2D eigenvalue weighted by Gasteiger charge is 2.00. The Hall–Kier alpha value is 0.650. The Morgan fingerprint density at radius 3 is 1.44 bits per heavy atom. The number of unbranched alkanes of at least 4 members (excludes halogenated alkanes) is 9. The Morgan fingerprint density at radius 2 is 1.06 bits per heavy atom. The minimum atomic E-state index is -0.906. The van der Waals surface area contributed by atoms with E-state index >= 15 is 0 Å². The van der Waals surface area contributed by atoms with Crippen molar-refractivity contribution in [3.8, 4) is 0 Å². The highest BCUT2D eigenvalue weighted by Crippen LogP contribution is 2.37. The van der Waals surface area contributed by atoms with Gasteiger partial charge in [0.05, 0.1) is 0 Å². The molecule has 0 aromatic rings. The fourth-order valence-corrected chi connectivity index (χ4v) is 3.35. The van der Waals surface area contributed by atoms with E-state index in [1.54, 1.807) is 0 Å². The van der Waals surface area contributed by atoms with Crippen LogP contribution in [0.1, 0.15) is 71.1 Å². The first-order valence-corrected chi connectivity index (χ1v) is 11.0. The summed E-state index contributed by atoms with van der Waals surface area (Å²) in [5.74, 6) is 0. The van der Waals surface area contributed by atoms with Gasteiger partial charge in [0.25, 0.3) is 0 Å². The zero-order valence-electron chi connectivity index (χ0n) is 11.6. The maximum absolute atomic E-state index is 5.46. The summed E-state index contributed by atoms with van der Waals surface area (Å²) in [4.78, 5) is 0. The van der Waals surface area contributed by atoms with Crippen LogP contribution in [0.2, 0.25) is 0 Å². The maximum atomic E-state index is 5.46. The van der Waals surface area contributed by atoms with E-state index in [2.05, 4.69) is 20.3 Å². The molecule has 0 saturated carbocycles. The van der Waals surface area contributed by atoms with E-state index < -0.39 is 6.04 Å². The molecule has 0 aliphatic rings. The lowest BCUT2D eigenvalue weighted by molar-refractivity contribution is 0.563. The molecule has 2 heteroatoms. The molecule has 0 amide bonds. The van der Waals surface area contributed by atoms with E-state index in [0.717, 1.165) is 0 Å². The summed E-state index contributed by atoms with van der Waals surface area (Å²) in [6.07, 6.45) is 15.6. The van der Waals surface area contributed by atoms with E-state index in [1.165, 1.54) is 70.4 Å². The van der Waals surface area contributed by atoms with Crippen LogP contribution in [0.5, 0.6) is 0 Å². The molecule has 0 unspecified atom stereocenters. The van der Waals surface area contributed by atoms with Gasteiger partial charge < -0.3 is 0 Å². The molecule has 0 saturated heterocycles. The van der Waals surface area contributed by atoms with Crippen LogP contribution in [0.3, 0.4) is 0 Å². The third-order valence-electron chi connectivity index (χ3n) is 3.05. The lowest BCUT2D eigenvalue weighted by atomic mass is 10.1. The topological polar surface area (TPSA) is 0 Å². The second-order valence-electron chi connectivity index (χ2n) is 5.48. The van der Waals surface area contributed by atoms with Gasteiger partial charge in [-0.2, -0.15) is 0 Å². The first kappa shape index (κ1) is 16.6. The molecule has 0 aromatic heterocycles. The molecular formula is C14H31PS. The molecule has 0 aliphatic carbocycles. The largest absolute Gasteiger partial charge is 0.0981 e. The van der Waals surface area contributed by atoms with Crippen LogP contribution >= 0.6 is 6.04 Å². The smallest absolute Gasteiger partial charge is 0.0240 e. The number of hydrogen-bond acceptors (Lipinski definition) is 1. The van der Waals surface area contributed by atoms with E-state index in [1.807, 2.05) is 0 Å². The Kier molecular flexibility index (Phi) is 11.2. The van der Waals surface area contributed by atoms with Crippen LogP contribution in [0.25, 0.3) is 0 Å². The monoisotopic (exact) mass is 262 g/mol. The second-order valence-corrected chi connectivity index (χ2v) is 12.0. The van der Waals surface area contributed by atoms with Gasteiger partial charge in [0.2, 0.25) is 0 Å². The molecule has 0 nitrogen and oxygen atoms in total. The molecule has 0 aliphatic heterocycles. The molecule has 0 N–H and O–H groups in total. The Bertz CT molecular complexity index is 183. The van der Waals surface area contributed by atoms with Gasteiger partial charge in [0, 0.05) is 0 Å². The summed E-state index contributed by atoms with van der Waals surface area (Å²) in [7, 11) is 0. The Morgan fingerprint density at radius 1 is 0.688 bits per heavy atom. The SMILES string of the molecule is CCCCCCCCCCCCP(C)(C)=S. The van der Waals surface area contributed by atoms with Gasteiger partial charge in [-0.25, -0.2) is 0 Å². The van der Waals surface area contributed by atoms with Gasteiger partial charge in [-0.3, -0.25) is 0 Å². The van der Waals surface area contributed by atoms with Gasteiger partial charge in [0.15, 0.2) is 0 Å². The highest BCUT2D eigenvalue weighted by atomic mass is 32.4. The molecule has 0 rings (SSSR count). The second kappa shape index (κ2) is 10.8. The van der Waals surface area contributed by atoms with E-state index in [0.29, 0.717) is 0 Å². The van der Waals surface area contributed by atoms with E-state index in [-0.39, 0.29) is 0 Å². The molecule has 0 radical (unpaired) electrons. The van der Waals surface area contributed by atoms with Gasteiger partial charge >= 0.3 is 0 Å². The van der Waals surface area contributed by atoms with Gasteiger partial charge in [-0.05, 0) is 32.0 Å². The normalized spacial score (nSPS) is 11.9. The summed E-state index contributed by atoms with van der Waals surface area (Å²) in [6, 6.07) is -0.906. The van der Waals surface area contributed by atoms with Crippen LogP contribution in [0.4, 0.5) is 0 Å². The summed E-state index contributed by atoms with van der Waals surface area (Å²) in [5.41, 5.74) is 0. The molecule has 0 heterocycles. The molecule has 98 valence electrons. The highest BCUT2D eigenvalue weighted by molar-refractivity contribution is 8.13. The molecule has 0 fully saturated rings. The molecular weight excluding hydrogens is 231 g/mol. The van der Waals surface area contributed by atoms with Gasteiger partial charge in [-0.1, -0.05) is 76.5 Å². The first-order valence-electron chi connectivity index (χ1n) is 7.10. The number of rotatable bonds is 11. The van der Waals surface area contributed by atoms with Crippen LogP contribution in [-0.4, -0.2) is 19.5 Å². The van der Waals surface area contributed by atoms with Crippen LogP contribution in [-0.2, 0) is 11.8 Å². The average molecular weight is 262 g/mol. The summed E-state index contributed by atoms with van der Waals surface area (Å²) in [6.45, 7) is 6.83. The third kappa shape index (κ3) is 14.6. The first-order chi connectivity index (χ1) is 7.56. The maximum Gasteiger partial charge on any atom is -0.0240 e. The zero-order valence-corrected chi connectivity index (χ0v) is 13.3. The van der Waals surface area contributed by atoms with E-state index in [9.17, 15) is 0 Å². The molecule has 0 spiro atoms. The van der Waals surface area contributed by atoms with Crippen LogP contribution < -0.4 is 0 Å². The van der Waals surface area contributed by atoms with Crippen molar-refractivity contribution in [3.63, 3.8) is 0 Å². The summed E-state index contributed by atoms with van der Waals surface area (Å²) >= 11 is 5.46. The van der Waals surface area contributed by atoms with E-state index in [4.69, 9.17) is 11.8 Å². The third-order valence-corrected chi connectivity index (χ3v) is 4.99. The molecule has 0 bridgehead atoms. The average Bonchev–Trinajstić information content (AvgIpc) is 2.19. The zero-order chi connectivity index (χ0) is 12.3. The Balaban J connectivity index is 3.02. The standard InChI is InChI=1S/C14H31PS/c1-4-5-6-7-8-9-10-11-12-13-14-15(2,3)16/h4-14H2,1-3H3. The molecule has 16 heavy (non-hydrogen) atoms. The van der Waals surface area contributed by atoms with Crippen molar-refractivity contribution in [1.29, 1.82) is 0 Å². The van der Waals surface area contributed by atoms with Crippen LogP contribution in [0, 0.1) is 0 Å². The minimum Gasteiger partial charge on any atom is -0.0981 e. The van der Waals surface area contributed by atoms with Crippen molar-refractivity contribution in [3.05, 3.63) is 0 Å². The molecule has 0 aromatic carbocycles. The lowest BCUT2D eigenvalue weighted by Crippen LogP contribution is -1.87. The van der Waals surface area contributed by atoms with Crippen molar-refractivity contribution in [2.45, 2.75) is 71.1 Å². The minimum absolute atomic E-state index is 0.906. The van der Waals surface area contributed by atoms with Crippen molar-refractivity contribution < 1.29 is 0 Å². The fourth-order valence-electron chi connectivity index (χ4n) is 1.98. The van der Waals surface area contributed by atoms with Gasteiger partial charge in [-0.15, -0.1) is 0 Å². The summed E-state index contributed by atoms with van der Waals surface area (Å²) < 4.78 is 0. The number of hydrogen-bond donors (Lipinski definition) is 0. The predicted molar refractivity (Wildman–Crippen MR) is 82.8 cm³/mol. The predicted octanol–water partition coefficient (Wildman–Crippen LogP) is 5.65. The van der Waals surface area contributed by atoms with Crippen molar-refractivity contribution in [2.75, 3.05) is 19.5 Å². The fraction of sp³-hybridized carbons (Fsp3) is 1.00. The Labute approximate surface area is 109 Å².